The zero-order valence-corrected chi connectivity index (χ0v) is 12.8. The molecule has 0 bridgehead atoms. The lowest BCUT2D eigenvalue weighted by molar-refractivity contribution is 1.10. The van der Waals surface area contributed by atoms with Gasteiger partial charge in [0.1, 0.15) is 0 Å². The van der Waals surface area contributed by atoms with Crippen LogP contribution in [0, 0.1) is 13.8 Å². The average Bonchev–Trinajstić information content (AvgIpc) is 2.41. The Bertz CT molecular complexity index is 526. The zero-order valence-electron chi connectivity index (χ0n) is 11.2. The molecule has 0 heterocycles. The van der Waals surface area contributed by atoms with E-state index in [0.717, 1.165) is 6.42 Å². The quantitative estimate of drug-likeness (QED) is 0.670. The molecule has 18 heavy (non-hydrogen) atoms. The van der Waals surface area contributed by atoms with E-state index in [1.807, 2.05) is 0 Å². The molecule has 0 aliphatic carbocycles. The summed E-state index contributed by atoms with van der Waals surface area (Å²) in [7, 11) is 0. The maximum Gasteiger partial charge on any atom is 0.0647 e. The van der Waals surface area contributed by atoms with Crippen molar-refractivity contribution in [2.45, 2.75) is 32.0 Å². The summed E-state index contributed by atoms with van der Waals surface area (Å²) in [5.41, 5.74) is 6.79. The lowest BCUT2D eigenvalue weighted by Crippen LogP contribution is -1.97. The van der Waals surface area contributed by atoms with E-state index in [0.29, 0.717) is 0 Å². The van der Waals surface area contributed by atoms with Gasteiger partial charge in [0.15, 0.2) is 0 Å². The molecule has 0 spiro atoms. The van der Waals surface area contributed by atoms with E-state index in [1.54, 1.807) is 0 Å². The monoisotopic (exact) mass is 302 g/mol. The van der Waals surface area contributed by atoms with Gasteiger partial charge < -0.3 is 0 Å². The van der Waals surface area contributed by atoms with E-state index in [4.69, 9.17) is 0 Å². The first-order valence-corrected chi connectivity index (χ1v) is 7.34. The van der Waals surface area contributed by atoms with Crippen LogP contribution in [0.15, 0.2) is 42.5 Å². The van der Waals surface area contributed by atoms with Crippen LogP contribution >= 0.6 is 15.9 Å². The van der Waals surface area contributed by atoms with Gasteiger partial charge in [0.05, 0.1) is 4.83 Å². The summed E-state index contributed by atoms with van der Waals surface area (Å²) in [5.74, 6) is 0. The fraction of sp³-hybridized carbons (Fsp3) is 0.294. The van der Waals surface area contributed by atoms with Crippen molar-refractivity contribution < 1.29 is 0 Å². The van der Waals surface area contributed by atoms with Crippen molar-refractivity contribution in [1.29, 1.82) is 0 Å². The summed E-state index contributed by atoms with van der Waals surface area (Å²) in [6.07, 6.45) is 1.09. The third-order valence-electron chi connectivity index (χ3n) is 3.60. The van der Waals surface area contributed by atoms with Gasteiger partial charge in [-0.15, -0.1) is 0 Å². The molecule has 0 N–H and O–H groups in total. The van der Waals surface area contributed by atoms with Crippen molar-refractivity contribution in [2.75, 3.05) is 0 Å². The SMILES string of the molecule is CCc1ccc(C(Br)c2cccc(C)c2C)cc1. The molecular weight excluding hydrogens is 284 g/mol. The van der Waals surface area contributed by atoms with Crippen molar-refractivity contribution >= 4 is 15.9 Å². The van der Waals surface area contributed by atoms with E-state index in [9.17, 15) is 0 Å². The first-order chi connectivity index (χ1) is 8.63. The van der Waals surface area contributed by atoms with Crippen LogP contribution in [0.5, 0.6) is 0 Å². The number of hydrogen-bond acceptors (Lipinski definition) is 0. The number of alkyl halides is 1. The number of hydrogen-bond donors (Lipinski definition) is 0. The van der Waals surface area contributed by atoms with Crippen LogP contribution in [0.1, 0.15) is 39.6 Å². The molecule has 0 fully saturated rings. The molecule has 1 heteroatoms. The third-order valence-corrected chi connectivity index (χ3v) is 4.62. The highest BCUT2D eigenvalue weighted by Gasteiger charge is 2.13. The minimum Gasteiger partial charge on any atom is -0.0786 e. The fourth-order valence-electron chi connectivity index (χ4n) is 2.15. The maximum atomic E-state index is 3.83. The second kappa shape index (κ2) is 5.71. The minimum absolute atomic E-state index is 0.281. The number of benzene rings is 2. The van der Waals surface area contributed by atoms with E-state index < -0.39 is 0 Å². The van der Waals surface area contributed by atoms with E-state index in [2.05, 4.69) is 79.2 Å². The van der Waals surface area contributed by atoms with Gasteiger partial charge >= 0.3 is 0 Å². The Hall–Kier alpha value is -1.08. The molecule has 0 aromatic heterocycles. The topological polar surface area (TPSA) is 0 Å². The maximum absolute atomic E-state index is 3.83. The van der Waals surface area contributed by atoms with Gasteiger partial charge in [0.2, 0.25) is 0 Å². The van der Waals surface area contributed by atoms with Gasteiger partial charge in [-0.2, -0.15) is 0 Å². The second-order valence-electron chi connectivity index (χ2n) is 4.75. The largest absolute Gasteiger partial charge is 0.0786 e. The predicted molar refractivity (Wildman–Crippen MR) is 82.5 cm³/mol. The van der Waals surface area contributed by atoms with Crippen molar-refractivity contribution in [2.24, 2.45) is 0 Å². The van der Waals surface area contributed by atoms with Crippen molar-refractivity contribution in [3.05, 3.63) is 70.3 Å². The summed E-state index contributed by atoms with van der Waals surface area (Å²) in [4.78, 5) is 0.281. The van der Waals surface area contributed by atoms with Crippen molar-refractivity contribution in [3.8, 4) is 0 Å². The Morgan fingerprint density at radius 1 is 1.00 bits per heavy atom. The Morgan fingerprint density at radius 3 is 2.28 bits per heavy atom. The number of halogens is 1. The standard InChI is InChI=1S/C17H19Br/c1-4-14-8-10-15(11-9-14)17(18)16-7-5-6-12(2)13(16)3/h5-11,17H,4H2,1-3H3. The van der Waals surface area contributed by atoms with Crippen LogP contribution < -0.4 is 0 Å². The summed E-state index contributed by atoms with van der Waals surface area (Å²) in [6, 6.07) is 15.4. The Morgan fingerprint density at radius 2 is 1.67 bits per heavy atom. The van der Waals surface area contributed by atoms with Crippen LogP contribution in [0.2, 0.25) is 0 Å². The van der Waals surface area contributed by atoms with Crippen LogP contribution in [0.3, 0.4) is 0 Å². The second-order valence-corrected chi connectivity index (χ2v) is 5.66. The molecule has 94 valence electrons. The summed E-state index contributed by atoms with van der Waals surface area (Å²) in [5, 5.41) is 0. The molecule has 0 amide bonds. The first-order valence-electron chi connectivity index (χ1n) is 6.42. The predicted octanol–water partition coefficient (Wildman–Crippen LogP) is 5.35. The summed E-state index contributed by atoms with van der Waals surface area (Å²) in [6.45, 7) is 6.55. The highest BCUT2D eigenvalue weighted by Crippen LogP contribution is 2.33. The first kappa shape index (κ1) is 13.4. The highest BCUT2D eigenvalue weighted by atomic mass is 79.9. The lowest BCUT2D eigenvalue weighted by Gasteiger charge is -2.15. The fourth-order valence-corrected chi connectivity index (χ4v) is 2.95. The molecule has 0 radical (unpaired) electrons. The van der Waals surface area contributed by atoms with Gasteiger partial charge in [-0.1, -0.05) is 65.3 Å². The van der Waals surface area contributed by atoms with Gasteiger partial charge in [0.25, 0.3) is 0 Å². The van der Waals surface area contributed by atoms with Gasteiger partial charge in [-0.25, -0.2) is 0 Å². The third kappa shape index (κ3) is 2.67. The van der Waals surface area contributed by atoms with Gasteiger partial charge in [-0.3, -0.25) is 0 Å². The van der Waals surface area contributed by atoms with Crippen molar-refractivity contribution in [1.82, 2.24) is 0 Å². The molecular formula is C17H19Br. The molecule has 0 saturated heterocycles. The van der Waals surface area contributed by atoms with Gasteiger partial charge in [-0.05, 0) is 48.1 Å². The molecule has 0 saturated carbocycles. The van der Waals surface area contributed by atoms with Crippen LogP contribution in [0.25, 0.3) is 0 Å². The smallest absolute Gasteiger partial charge is 0.0647 e. The summed E-state index contributed by atoms with van der Waals surface area (Å²) >= 11 is 3.83. The minimum atomic E-state index is 0.281. The van der Waals surface area contributed by atoms with Crippen LogP contribution in [-0.4, -0.2) is 0 Å². The van der Waals surface area contributed by atoms with E-state index in [-0.39, 0.29) is 4.83 Å². The highest BCUT2D eigenvalue weighted by molar-refractivity contribution is 9.09. The normalized spacial score (nSPS) is 12.4. The average molecular weight is 303 g/mol. The molecule has 0 aliphatic rings. The Labute approximate surface area is 118 Å². The summed E-state index contributed by atoms with van der Waals surface area (Å²) < 4.78 is 0. The number of aryl methyl sites for hydroxylation is 2. The van der Waals surface area contributed by atoms with E-state index in [1.165, 1.54) is 27.8 Å². The Kier molecular flexibility index (Phi) is 4.23. The van der Waals surface area contributed by atoms with Crippen LogP contribution in [-0.2, 0) is 6.42 Å². The number of rotatable bonds is 3. The molecule has 2 aromatic carbocycles. The zero-order chi connectivity index (χ0) is 13.1. The molecule has 2 aromatic rings. The van der Waals surface area contributed by atoms with Crippen molar-refractivity contribution in [3.63, 3.8) is 0 Å². The van der Waals surface area contributed by atoms with Crippen LogP contribution in [0.4, 0.5) is 0 Å². The van der Waals surface area contributed by atoms with Gasteiger partial charge in [0, 0.05) is 0 Å². The molecule has 1 atom stereocenters. The molecule has 2 rings (SSSR count). The molecule has 1 unspecified atom stereocenters. The molecule has 0 aliphatic heterocycles. The Balaban J connectivity index is 2.35. The molecule has 0 nitrogen and oxygen atoms in total. The lowest BCUT2D eigenvalue weighted by atomic mass is 9.96. The van der Waals surface area contributed by atoms with E-state index >= 15 is 0 Å².